The third-order valence-corrected chi connectivity index (χ3v) is 3.28. The van der Waals surface area contributed by atoms with E-state index in [9.17, 15) is 18.0 Å². The van der Waals surface area contributed by atoms with E-state index >= 15 is 0 Å². The van der Waals surface area contributed by atoms with Gasteiger partial charge >= 0.3 is 6.18 Å². The third-order valence-electron chi connectivity index (χ3n) is 3.28. The van der Waals surface area contributed by atoms with Gasteiger partial charge in [0.1, 0.15) is 11.6 Å². The molecule has 1 fully saturated rings. The van der Waals surface area contributed by atoms with E-state index in [1.165, 1.54) is 0 Å². The molecular formula is C13H17F3N4O. The summed E-state index contributed by atoms with van der Waals surface area (Å²) in [5.74, 6) is 0.196. The average molecular weight is 302 g/mol. The van der Waals surface area contributed by atoms with Gasteiger partial charge in [-0.25, -0.2) is 4.98 Å². The minimum absolute atomic E-state index is 0.0381. The lowest BCUT2D eigenvalue weighted by molar-refractivity contribution is -0.137. The van der Waals surface area contributed by atoms with Crippen LogP contribution in [0.3, 0.4) is 0 Å². The van der Waals surface area contributed by atoms with Gasteiger partial charge in [0.25, 0.3) is 0 Å². The van der Waals surface area contributed by atoms with Crippen LogP contribution in [0, 0.1) is 0 Å². The van der Waals surface area contributed by atoms with Crippen LogP contribution in [-0.4, -0.2) is 49.0 Å². The quantitative estimate of drug-likeness (QED) is 0.925. The molecule has 5 nitrogen and oxygen atoms in total. The van der Waals surface area contributed by atoms with Crippen molar-refractivity contribution in [2.75, 3.05) is 43.4 Å². The lowest BCUT2D eigenvalue weighted by atomic mass is 10.2. The van der Waals surface area contributed by atoms with E-state index in [2.05, 4.69) is 10.3 Å². The van der Waals surface area contributed by atoms with Crippen LogP contribution in [0.1, 0.15) is 12.5 Å². The summed E-state index contributed by atoms with van der Waals surface area (Å²) in [5, 5.41) is 2.79. The number of anilines is 2. The summed E-state index contributed by atoms with van der Waals surface area (Å²) in [5.41, 5.74) is -0.769. The van der Waals surface area contributed by atoms with E-state index in [1.54, 1.807) is 23.8 Å². The molecule has 2 heterocycles. The molecule has 1 aromatic rings. The highest BCUT2D eigenvalue weighted by atomic mass is 19.4. The lowest BCUT2D eigenvalue weighted by Gasteiger charge is -2.33. The van der Waals surface area contributed by atoms with Crippen LogP contribution in [0.15, 0.2) is 12.1 Å². The number of nitrogens with zero attached hydrogens (tertiary/aromatic N) is 3. The summed E-state index contributed by atoms with van der Waals surface area (Å²) >= 11 is 0. The van der Waals surface area contributed by atoms with Crippen molar-refractivity contribution >= 4 is 17.5 Å². The summed E-state index contributed by atoms with van der Waals surface area (Å²) in [6.45, 7) is 3.21. The van der Waals surface area contributed by atoms with Gasteiger partial charge in [-0.05, 0) is 19.1 Å². The molecule has 1 aliphatic rings. The Bertz CT molecular complexity index is 533. The number of carbonyl (C=O) groups is 1. The number of nitrogens with one attached hydrogen (secondary N) is 1. The fourth-order valence-electron chi connectivity index (χ4n) is 2.07. The summed E-state index contributed by atoms with van der Waals surface area (Å²) in [7, 11) is 1.67. The van der Waals surface area contributed by atoms with Crippen LogP contribution in [0.2, 0.25) is 0 Å². The molecule has 21 heavy (non-hydrogen) atoms. The van der Waals surface area contributed by atoms with Crippen LogP contribution in [0.4, 0.5) is 24.8 Å². The van der Waals surface area contributed by atoms with Crippen molar-refractivity contribution < 1.29 is 18.0 Å². The molecule has 1 N–H and O–H groups in total. The summed E-state index contributed by atoms with van der Waals surface area (Å²) in [6, 6.07) is 1.96. The number of pyridine rings is 1. The number of halogens is 3. The molecular weight excluding hydrogens is 285 g/mol. The van der Waals surface area contributed by atoms with Crippen LogP contribution in [0.25, 0.3) is 0 Å². The molecule has 1 amide bonds. The number of carbonyl (C=O) groups excluding carboxylic acids is 1. The van der Waals surface area contributed by atoms with Gasteiger partial charge in [0.2, 0.25) is 5.91 Å². The molecule has 2 rings (SSSR count). The van der Waals surface area contributed by atoms with Gasteiger partial charge in [-0.2, -0.15) is 13.2 Å². The van der Waals surface area contributed by atoms with Gasteiger partial charge in [-0.15, -0.1) is 0 Å². The smallest absolute Gasteiger partial charge is 0.370 e. The first-order chi connectivity index (χ1) is 9.81. The molecule has 1 saturated heterocycles. The fourth-order valence-corrected chi connectivity index (χ4v) is 2.07. The minimum Gasteiger partial charge on any atom is -0.370 e. The van der Waals surface area contributed by atoms with Crippen molar-refractivity contribution in [3.05, 3.63) is 17.7 Å². The van der Waals surface area contributed by atoms with Crippen LogP contribution >= 0.6 is 0 Å². The molecule has 0 unspecified atom stereocenters. The van der Waals surface area contributed by atoms with Crippen LogP contribution in [0.5, 0.6) is 0 Å². The summed E-state index contributed by atoms with van der Waals surface area (Å²) in [6.07, 6.45) is -4.45. The topological polar surface area (TPSA) is 48.5 Å². The van der Waals surface area contributed by atoms with Gasteiger partial charge in [0.05, 0.1) is 12.1 Å². The molecule has 116 valence electrons. The van der Waals surface area contributed by atoms with E-state index in [0.29, 0.717) is 19.6 Å². The van der Waals surface area contributed by atoms with Gasteiger partial charge in [-0.3, -0.25) is 4.79 Å². The van der Waals surface area contributed by atoms with E-state index in [1.807, 2.05) is 0 Å². The Labute approximate surface area is 120 Å². The molecule has 0 spiro atoms. The zero-order valence-corrected chi connectivity index (χ0v) is 11.9. The Morgan fingerprint density at radius 1 is 1.33 bits per heavy atom. The zero-order chi connectivity index (χ0) is 15.6. The maximum absolute atomic E-state index is 12.9. The van der Waals surface area contributed by atoms with E-state index in [-0.39, 0.29) is 24.1 Å². The van der Waals surface area contributed by atoms with Crippen molar-refractivity contribution in [1.82, 2.24) is 9.88 Å². The second-order valence-electron chi connectivity index (χ2n) is 4.86. The van der Waals surface area contributed by atoms with Crippen LogP contribution < -0.4 is 10.2 Å². The van der Waals surface area contributed by atoms with Crippen molar-refractivity contribution in [2.24, 2.45) is 0 Å². The lowest BCUT2D eigenvalue weighted by Crippen LogP contribution is -2.48. The van der Waals surface area contributed by atoms with Crippen molar-refractivity contribution in [2.45, 2.75) is 13.1 Å². The van der Waals surface area contributed by atoms with Crippen molar-refractivity contribution in [1.29, 1.82) is 0 Å². The number of likely N-dealkylation sites (N-methyl/N-ethyl adjacent to an activating group) is 1. The maximum atomic E-state index is 12.9. The molecule has 0 radical (unpaired) electrons. The molecule has 1 aromatic heterocycles. The SMILES string of the molecule is CCNc1cc(C(F)(F)F)cc(N2CCN(C)C(=O)C2)n1. The predicted molar refractivity (Wildman–Crippen MR) is 73.3 cm³/mol. The monoisotopic (exact) mass is 302 g/mol. The molecule has 0 aromatic carbocycles. The number of rotatable bonds is 3. The molecule has 8 heteroatoms. The second kappa shape index (κ2) is 5.79. The predicted octanol–water partition coefficient (Wildman–Crippen LogP) is 1.81. The number of aromatic nitrogens is 1. The number of piperazine rings is 1. The summed E-state index contributed by atoms with van der Waals surface area (Å²) < 4.78 is 38.8. The Morgan fingerprint density at radius 3 is 2.62 bits per heavy atom. The van der Waals surface area contributed by atoms with E-state index in [0.717, 1.165) is 12.1 Å². The van der Waals surface area contributed by atoms with Crippen molar-refractivity contribution in [3.63, 3.8) is 0 Å². The molecule has 0 aliphatic carbocycles. The zero-order valence-electron chi connectivity index (χ0n) is 11.9. The molecule has 1 aliphatic heterocycles. The van der Waals surface area contributed by atoms with Gasteiger partial charge in [-0.1, -0.05) is 0 Å². The molecule has 0 saturated carbocycles. The number of hydrogen-bond donors (Lipinski definition) is 1. The number of amides is 1. The van der Waals surface area contributed by atoms with E-state index in [4.69, 9.17) is 0 Å². The Balaban J connectivity index is 2.34. The number of alkyl halides is 3. The van der Waals surface area contributed by atoms with Gasteiger partial charge in [0, 0.05) is 26.7 Å². The maximum Gasteiger partial charge on any atom is 0.416 e. The first kappa shape index (κ1) is 15.4. The first-order valence-electron chi connectivity index (χ1n) is 6.63. The van der Waals surface area contributed by atoms with Gasteiger partial charge < -0.3 is 15.1 Å². The van der Waals surface area contributed by atoms with Crippen molar-refractivity contribution in [3.8, 4) is 0 Å². The Kier molecular flexibility index (Phi) is 4.24. The number of hydrogen-bond acceptors (Lipinski definition) is 4. The third kappa shape index (κ3) is 3.56. The highest BCUT2D eigenvalue weighted by molar-refractivity contribution is 5.82. The van der Waals surface area contributed by atoms with E-state index < -0.39 is 11.7 Å². The molecule has 0 atom stereocenters. The highest BCUT2D eigenvalue weighted by Gasteiger charge is 2.33. The first-order valence-corrected chi connectivity index (χ1v) is 6.63. The highest BCUT2D eigenvalue weighted by Crippen LogP contribution is 2.33. The standard InChI is InChI=1S/C13H17F3N4O/c1-3-17-10-6-9(13(14,15)16)7-11(18-10)20-5-4-19(2)12(21)8-20/h6-7H,3-5,8H2,1-2H3,(H,17,18). The second-order valence-corrected chi connectivity index (χ2v) is 4.86. The Morgan fingerprint density at radius 2 is 2.05 bits per heavy atom. The fraction of sp³-hybridized carbons (Fsp3) is 0.538. The largest absolute Gasteiger partial charge is 0.416 e. The molecule has 0 bridgehead atoms. The average Bonchev–Trinajstić information content (AvgIpc) is 2.41. The van der Waals surface area contributed by atoms with Crippen LogP contribution in [-0.2, 0) is 11.0 Å². The minimum atomic E-state index is -4.45. The Hall–Kier alpha value is -1.99. The summed E-state index contributed by atoms with van der Waals surface area (Å²) in [4.78, 5) is 19.0. The van der Waals surface area contributed by atoms with Gasteiger partial charge in [0.15, 0.2) is 0 Å². The normalized spacial score (nSPS) is 16.3.